The first-order chi connectivity index (χ1) is 15.4. The summed E-state index contributed by atoms with van der Waals surface area (Å²) in [6.45, 7) is 6.54. The van der Waals surface area contributed by atoms with Gasteiger partial charge in [-0.3, -0.25) is 9.36 Å². The number of aryl methyl sites for hydroxylation is 1. The molecule has 1 aliphatic heterocycles. The fourth-order valence-electron chi connectivity index (χ4n) is 3.82. The van der Waals surface area contributed by atoms with Gasteiger partial charge in [-0.05, 0) is 25.5 Å². The molecule has 2 aromatic heterocycles. The maximum Gasteiger partial charge on any atom is 0.420 e. The first-order valence-electron chi connectivity index (χ1n) is 10.2. The van der Waals surface area contributed by atoms with Crippen LogP contribution in [0.2, 0.25) is 0 Å². The quantitative estimate of drug-likeness (QED) is 0.568. The molecule has 1 aliphatic rings. The molecule has 9 heteroatoms. The number of carbonyl (C=O) groups is 1. The fourth-order valence-corrected chi connectivity index (χ4v) is 3.82. The molecule has 0 unspecified atom stereocenters. The molecular weight excluding hydrogens is 418 g/mol. The molecule has 0 spiro atoms. The molecule has 0 N–H and O–H groups in total. The highest BCUT2D eigenvalue weighted by Gasteiger charge is 2.24. The van der Waals surface area contributed by atoms with E-state index in [-0.39, 0.29) is 17.6 Å². The number of hydrogen-bond acceptors (Lipinski definition) is 4. The third-order valence-electron chi connectivity index (χ3n) is 5.32. The Morgan fingerprint density at radius 3 is 2.88 bits per heavy atom. The minimum absolute atomic E-state index is 0.108. The molecule has 1 amide bonds. The molecular formula is C23H22F2N4O3. The lowest BCUT2D eigenvalue weighted by Gasteiger charge is -2.19. The fraction of sp³-hybridized carbons (Fsp3) is 0.261. The average molecular weight is 440 g/mol. The molecule has 0 saturated heterocycles. The lowest BCUT2D eigenvalue weighted by molar-refractivity contribution is -0.132. The molecule has 4 rings (SSSR count). The zero-order valence-electron chi connectivity index (χ0n) is 17.6. The lowest BCUT2D eigenvalue weighted by atomic mass is 10.1. The highest BCUT2D eigenvalue weighted by molar-refractivity contribution is 5.80. The molecule has 0 radical (unpaired) electrons. The van der Waals surface area contributed by atoms with E-state index >= 15 is 0 Å². The van der Waals surface area contributed by atoms with Crippen LogP contribution in [0.4, 0.5) is 8.78 Å². The third kappa shape index (κ3) is 3.93. The second-order valence-corrected chi connectivity index (χ2v) is 7.42. The minimum atomic E-state index is -1.22. The number of carbonyl (C=O) groups excluding carboxylic acids is 1. The number of oxazole rings is 1. The van der Waals surface area contributed by atoms with E-state index in [1.54, 1.807) is 11.0 Å². The van der Waals surface area contributed by atoms with Crippen LogP contribution in [-0.2, 0) is 24.4 Å². The van der Waals surface area contributed by atoms with Gasteiger partial charge >= 0.3 is 5.76 Å². The maximum atomic E-state index is 14.3. The molecule has 7 nitrogen and oxygen atoms in total. The molecule has 32 heavy (non-hydrogen) atoms. The van der Waals surface area contributed by atoms with Crippen molar-refractivity contribution < 1.29 is 18.0 Å². The Hall–Kier alpha value is -3.75. The highest BCUT2D eigenvalue weighted by atomic mass is 19.2. The van der Waals surface area contributed by atoms with Gasteiger partial charge in [0.2, 0.25) is 5.91 Å². The smallest absolute Gasteiger partial charge is 0.408 e. The summed E-state index contributed by atoms with van der Waals surface area (Å²) in [5, 5.41) is 0. The van der Waals surface area contributed by atoms with Crippen LogP contribution in [0.15, 0.2) is 58.4 Å². The molecule has 0 saturated carbocycles. The topological polar surface area (TPSA) is 73.3 Å². The summed E-state index contributed by atoms with van der Waals surface area (Å²) in [6.07, 6.45) is 10.00. The summed E-state index contributed by atoms with van der Waals surface area (Å²) in [5.41, 5.74) is 1.20. The minimum Gasteiger partial charge on any atom is -0.408 e. The van der Waals surface area contributed by atoms with E-state index in [4.69, 9.17) is 4.42 Å². The van der Waals surface area contributed by atoms with Crippen LogP contribution in [0.1, 0.15) is 24.9 Å². The lowest BCUT2D eigenvalue weighted by Crippen LogP contribution is -2.35. The Balaban J connectivity index is 1.61. The second kappa shape index (κ2) is 8.78. The van der Waals surface area contributed by atoms with E-state index in [1.807, 2.05) is 35.9 Å². The summed E-state index contributed by atoms with van der Waals surface area (Å²) >= 11 is 0. The maximum absolute atomic E-state index is 14.3. The summed E-state index contributed by atoms with van der Waals surface area (Å²) in [7, 11) is 0. The van der Waals surface area contributed by atoms with Crippen molar-refractivity contribution in [2.24, 2.45) is 0 Å². The largest absolute Gasteiger partial charge is 0.420 e. The Morgan fingerprint density at radius 2 is 2.12 bits per heavy atom. The van der Waals surface area contributed by atoms with Crippen LogP contribution < -0.4 is 5.76 Å². The standard InChI is InChI=1S/C23H22F2N4O3/c1-3-6-15(7-4-2)17-12-27-10-5-11-28(13-19(27)26-17)20(30)14-29-22-18(32-23(29)31)9-8-16(24)21(22)25/h3-4,6-9,12H,1,5,10-11,13-14H2,2H3/b7-4-,15-6+. The van der Waals surface area contributed by atoms with E-state index < -0.39 is 29.8 Å². The SMILES string of the molecule is C=C/C=C(\C=C/C)c1cn2c(n1)CN(C(=O)Cn1c(=O)oc3ccc(F)c(F)c31)CCC2. The van der Waals surface area contributed by atoms with Crippen LogP contribution in [0.25, 0.3) is 16.7 Å². The molecule has 0 atom stereocenters. The van der Waals surface area contributed by atoms with Crippen LogP contribution in [0.3, 0.4) is 0 Å². The normalized spacial score (nSPS) is 14.7. The number of halogens is 2. The predicted octanol–water partition coefficient (Wildman–Crippen LogP) is 3.65. The van der Waals surface area contributed by atoms with E-state index in [9.17, 15) is 18.4 Å². The number of amides is 1. The van der Waals surface area contributed by atoms with Crippen LogP contribution in [0.5, 0.6) is 0 Å². The van der Waals surface area contributed by atoms with Gasteiger partial charge in [-0.25, -0.2) is 18.6 Å². The van der Waals surface area contributed by atoms with Gasteiger partial charge in [0.25, 0.3) is 0 Å². The van der Waals surface area contributed by atoms with Crippen molar-refractivity contribution in [1.29, 1.82) is 0 Å². The van der Waals surface area contributed by atoms with Gasteiger partial charge in [0.05, 0.1) is 12.2 Å². The number of hydrogen-bond donors (Lipinski definition) is 0. The summed E-state index contributed by atoms with van der Waals surface area (Å²) in [5.74, 6) is -2.96. The van der Waals surface area contributed by atoms with Gasteiger partial charge < -0.3 is 13.9 Å². The number of nitrogens with zero attached hydrogens (tertiary/aromatic N) is 4. The van der Waals surface area contributed by atoms with Crippen LogP contribution in [-0.4, -0.2) is 31.5 Å². The molecule has 166 valence electrons. The van der Waals surface area contributed by atoms with Gasteiger partial charge in [-0.2, -0.15) is 0 Å². The van der Waals surface area contributed by atoms with E-state index in [1.165, 1.54) is 6.07 Å². The van der Waals surface area contributed by atoms with Gasteiger partial charge in [-0.15, -0.1) is 0 Å². The Kier molecular flexibility index (Phi) is 5.89. The van der Waals surface area contributed by atoms with Crippen molar-refractivity contribution in [2.75, 3.05) is 6.54 Å². The molecule has 0 fully saturated rings. The van der Waals surface area contributed by atoms with Crippen molar-refractivity contribution in [3.05, 3.63) is 82.9 Å². The number of rotatable bonds is 5. The molecule has 1 aromatic carbocycles. The van der Waals surface area contributed by atoms with Crippen molar-refractivity contribution in [3.8, 4) is 0 Å². The van der Waals surface area contributed by atoms with Gasteiger partial charge in [0, 0.05) is 24.9 Å². The molecule has 0 bridgehead atoms. The third-order valence-corrected chi connectivity index (χ3v) is 5.32. The van der Waals surface area contributed by atoms with Crippen molar-refractivity contribution in [3.63, 3.8) is 0 Å². The number of benzene rings is 1. The van der Waals surface area contributed by atoms with E-state index in [0.717, 1.165) is 21.9 Å². The van der Waals surface area contributed by atoms with Crippen LogP contribution >= 0.6 is 0 Å². The number of aromatic nitrogens is 3. The number of fused-ring (bicyclic) bond motifs is 2. The van der Waals surface area contributed by atoms with E-state index in [0.29, 0.717) is 25.3 Å². The average Bonchev–Trinajstić information content (AvgIpc) is 3.24. The summed E-state index contributed by atoms with van der Waals surface area (Å²) in [6, 6.07) is 2.04. The van der Waals surface area contributed by atoms with Gasteiger partial charge in [0.15, 0.2) is 17.2 Å². The molecule has 3 aromatic rings. The number of allylic oxidation sites excluding steroid dienone is 5. The number of imidazole rings is 1. The first-order valence-corrected chi connectivity index (χ1v) is 10.2. The first kappa shape index (κ1) is 21.5. The van der Waals surface area contributed by atoms with Gasteiger partial charge in [-0.1, -0.05) is 30.9 Å². The van der Waals surface area contributed by atoms with E-state index in [2.05, 4.69) is 11.6 Å². The van der Waals surface area contributed by atoms with Gasteiger partial charge in [0.1, 0.15) is 17.9 Å². The van der Waals surface area contributed by atoms with Crippen LogP contribution in [0, 0.1) is 11.6 Å². The highest BCUT2D eigenvalue weighted by Crippen LogP contribution is 2.22. The van der Waals surface area contributed by atoms with Crippen molar-refractivity contribution >= 4 is 22.6 Å². The second-order valence-electron chi connectivity index (χ2n) is 7.42. The predicted molar refractivity (Wildman–Crippen MR) is 116 cm³/mol. The zero-order chi connectivity index (χ0) is 22.8. The molecule has 3 heterocycles. The van der Waals surface area contributed by atoms with Crippen molar-refractivity contribution in [2.45, 2.75) is 33.0 Å². The summed E-state index contributed by atoms with van der Waals surface area (Å²) in [4.78, 5) is 31.4. The zero-order valence-corrected chi connectivity index (χ0v) is 17.6. The monoisotopic (exact) mass is 440 g/mol. The molecule has 0 aliphatic carbocycles. The Morgan fingerprint density at radius 1 is 1.31 bits per heavy atom. The Labute approximate surface area is 182 Å². The van der Waals surface area contributed by atoms with Crippen molar-refractivity contribution in [1.82, 2.24) is 19.0 Å². The summed E-state index contributed by atoms with van der Waals surface area (Å²) < 4.78 is 35.8. The Bertz CT molecular complexity index is 1310.